The maximum atomic E-state index is 13.7. The largest absolute Gasteiger partial charge is 0.497 e. The van der Waals surface area contributed by atoms with Crippen LogP contribution in [0.5, 0.6) is 5.75 Å². The van der Waals surface area contributed by atoms with Crippen molar-refractivity contribution in [3.63, 3.8) is 0 Å². The summed E-state index contributed by atoms with van der Waals surface area (Å²) in [6.45, 7) is 2.58. The summed E-state index contributed by atoms with van der Waals surface area (Å²) in [6, 6.07) is 27.8. The van der Waals surface area contributed by atoms with Crippen molar-refractivity contribution in [2.24, 2.45) is 0 Å². The number of hydrogen-bond acceptors (Lipinski definition) is 2. The molecule has 0 saturated heterocycles. The van der Waals surface area contributed by atoms with E-state index in [0.29, 0.717) is 6.54 Å². The summed E-state index contributed by atoms with van der Waals surface area (Å²) < 4.78 is 7.43. The van der Waals surface area contributed by atoms with Crippen molar-refractivity contribution in [3.8, 4) is 11.4 Å². The Kier molecular flexibility index (Phi) is 5.15. The van der Waals surface area contributed by atoms with E-state index in [2.05, 4.69) is 65.5 Å². The van der Waals surface area contributed by atoms with Crippen LogP contribution in [0.15, 0.2) is 91.1 Å². The Morgan fingerprint density at radius 3 is 2.56 bits per heavy atom. The highest BCUT2D eigenvalue weighted by Gasteiger charge is 2.33. The minimum Gasteiger partial charge on any atom is -0.497 e. The molecule has 4 aromatic rings. The molecule has 2 amide bonds. The molecule has 1 aliphatic rings. The second kappa shape index (κ2) is 8.27. The second-order valence-corrected chi connectivity index (χ2v) is 8.03. The lowest BCUT2D eigenvalue weighted by Gasteiger charge is -2.31. The number of anilines is 1. The summed E-state index contributed by atoms with van der Waals surface area (Å²) in [5.74, 6) is 0.752. The number of amides is 2. The molecule has 2 heterocycles. The zero-order valence-electron chi connectivity index (χ0n) is 18.2. The Hall–Kier alpha value is -3.99. The van der Waals surface area contributed by atoms with Gasteiger partial charge in [-0.1, -0.05) is 48.0 Å². The average molecular weight is 424 g/mol. The number of aromatic nitrogens is 1. The first-order valence-electron chi connectivity index (χ1n) is 10.7. The van der Waals surface area contributed by atoms with Crippen molar-refractivity contribution >= 4 is 11.7 Å². The average Bonchev–Trinajstić information content (AvgIpc) is 3.23. The normalized spacial score (nSPS) is 14.8. The SMILES string of the molecule is COc1ccc(NC(=O)N2Cc3ccccc3-n3cccc3C2c2cccc(C)c2)cc1. The summed E-state index contributed by atoms with van der Waals surface area (Å²) in [6.07, 6.45) is 2.07. The predicted octanol–water partition coefficient (Wildman–Crippen LogP) is 5.93. The van der Waals surface area contributed by atoms with Crippen molar-refractivity contribution in [2.45, 2.75) is 19.5 Å². The molecule has 1 aromatic heterocycles. The number of urea groups is 1. The highest BCUT2D eigenvalue weighted by atomic mass is 16.5. The van der Waals surface area contributed by atoms with Crippen molar-refractivity contribution in [1.82, 2.24) is 9.47 Å². The van der Waals surface area contributed by atoms with E-state index in [9.17, 15) is 4.79 Å². The molecule has 1 atom stereocenters. The third-order valence-corrected chi connectivity index (χ3v) is 5.92. The molecular formula is C27H25N3O2. The molecule has 32 heavy (non-hydrogen) atoms. The van der Waals surface area contributed by atoms with Gasteiger partial charge in [-0.05, 0) is 60.5 Å². The Labute approximate surface area is 187 Å². The first kappa shape index (κ1) is 19.9. The molecule has 3 aromatic carbocycles. The number of para-hydroxylation sites is 1. The fourth-order valence-electron chi connectivity index (χ4n) is 4.40. The van der Waals surface area contributed by atoms with Gasteiger partial charge < -0.3 is 19.5 Å². The van der Waals surface area contributed by atoms with E-state index in [0.717, 1.165) is 39.5 Å². The number of carbonyl (C=O) groups is 1. The minimum atomic E-state index is -0.226. The summed E-state index contributed by atoms with van der Waals surface area (Å²) >= 11 is 0. The summed E-state index contributed by atoms with van der Waals surface area (Å²) in [4.78, 5) is 15.6. The van der Waals surface area contributed by atoms with Crippen molar-refractivity contribution in [3.05, 3.63) is 114 Å². The van der Waals surface area contributed by atoms with Gasteiger partial charge in [0.25, 0.3) is 0 Å². The lowest BCUT2D eigenvalue weighted by Crippen LogP contribution is -2.37. The highest BCUT2D eigenvalue weighted by molar-refractivity contribution is 5.90. The van der Waals surface area contributed by atoms with Gasteiger partial charge in [0.2, 0.25) is 0 Å². The van der Waals surface area contributed by atoms with Crippen LogP contribution < -0.4 is 10.1 Å². The van der Waals surface area contributed by atoms with E-state index in [1.54, 1.807) is 7.11 Å². The van der Waals surface area contributed by atoms with Crippen molar-refractivity contribution in [1.29, 1.82) is 0 Å². The standard InChI is InChI=1S/C27H25N3O2/c1-19-7-5-9-20(17-19)26-25-11-6-16-29(25)24-10-4-3-8-21(24)18-30(26)27(31)28-22-12-14-23(32-2)15-13-22/h3-17,26H,18H2,1-2H3,(H,28,31). The van der Waals surface area contributed by atoms with Gasteiger partial charge in [0.15, 0.2) is 0 Å². The van der Waals surface area contributed by atoms with Crippen LogP contribution in [0.1, 0.15) is 28.4 Å². The highest BCUT2D eigenvalue weighted by Crippen LogP contribution is 2.37. The molecule has 1 N–H and O–H groups in total. The molecule has 0 radical (unpaired) electrons. The molecule has 0 fully saturated rings. The number of aryl methyl sites for hydroxylation is 1. The Morgan fingerprint density at radius 2 is 1.78 bits per heavy atom. The molecule has 5 heteroatoms. The van der Waals surface area contributed by atoms with Crippen LogP contribution in [0.25, 0.3) is 5.69 Å². The Morgan fingerprint density at radius 1 is 0.969 bits per heavy atom. The number of nitrogens with one attached hydrogen (secondary N) is 1. The van der Waals surface area contributed by atoms with Crippen LogP contribution in [0, 0.1) is 6.92 Å². The topological polar surface area (TPSA) is 46.5 Å². The number of ether oxygens (including phenoxy) is 1. The van der Waals surface area contributed by atoms with Crippen molar-refractivity contribution in [2.75, 3.05) is 12.4 Å². The third-order valence-electron chi connectivity index (χ3n) is 5.92. The van der Waals surface area contributed by atoms with Gasteiger partial charge in [-0.15, -0.1) is 0 Å². The smallest absolute Gasteiger partial charge is 0.322 e. The summed E-state index contributed by atoms with van der Waals surface area (Å²) in [7, 11) is 1.63. The number of benzene rings is 3. The zero-order chi connectivity index (χ0) is 22.1. The van der Waals surface area contributed by atoms with Gasteiger partial charge >= 0.3 is 6.03 Å². The van der Waals surface area contributed by atoms with Crippen LogP contribution >= 0.6 is 0 Å². The maximum absolute atomic E-state index is 13.7. The maximum Gasteiger partial charge on any atom is 0.322 e. The number of methoxy groups -OCH3 is 1. The van der Waals surface area contributed by atoms with E-state index in [1.165, 1.54) is 0 Å². The van der Waals surface area contributed by atoms with Gasteiger partial charge in [-0.2, -0.15) is 0 Å². The molecule has 5 rings (SSSR count). The lowest BCUT2D eigenvalue weighted by atomic mass is 10.00. The van der Waals surface area contributed by atoms with Crippen LogP contribution in [0.2, 0.25) is 0 Å². The fraction of sp³-hybridized carbons (Fsp3) is 0.148. The monoisotopic (exact) mass is 423 g/mol. The van der Waals surface area contributed by atoms with E-state index >= 15 is 0 Å². The first-order valence-corrected chi connectivity index (χ1v) is 10.7. The summed E-state index contributed by atoms with van der Waals surface area (Å²) in [5, 5.41) is 3.08. The molecule has 160 valence electrons. The molecule has 1 aliphatic heterocycles. The molecule has 1 unspecified atom stereocenters. The number of rotatable bonds is 3. The zero-order valence-corrected chi connectivity index (χ0v) is 18.2. The first-order chi connectivity index (χ1) is 15.6. The van der Waals surface area contributed by atoms with E-state index in [4.69, 9.17) is 4.74 Å². The quantitative estimate of drug-likeness (QED) is 0.444. The lowest BCUT2D eigenvalue weighted by molar-refractivity contribution is 0.194. The van der Waals surface area contributed by atoms with Crippen LogP contribution in [-0.2, 0) is 6.54 Å². The predicted molar refractivity (Wildman–Crippen MR) is 126 cm³/mol. The number of nitrogens with zero attached hydrogens (tertiary/aromatic N) is 2. The van der Waals surface area contributed by atoms with Crippen LogP contribution in [0.3, 0.4) is 0 Å². The molecule has 0 saturated carbocycles. The summed E-state index contributed by atoms with van der Waals surface area (Å²) in [5.41, 5.74) is 6.24. The van der Waals surface area contributed by atoms with E-state index in [-0.39, 0.29) is 12.1 Å². The van der Waals surface area contributed by atoms with Crippen molar-refractivity contribution < 1.29 is 9.53 Å². The fourth-order valence-corrected chi connectivity index (χ4v) is 4.40. The minimum absolute atomic E-state index is 0.147. The van der Waals surface area contributed by atoms with Gasteiger partial charge in [0, 0.05) is 17.6 Å². The Bertz CT molecular complexity index is 1260. The van der Waals surface area contributed by atoms with Crippen LogP contribution in [0.4, 0.5) is 10.5 Å². The molecule has 5 nitrogen and oxygen atoms in total. The second-order valence-electron chi connectivity index (χ2n) is 8.03. The van der Waals surface area contributed by atoms with E-state index in [1.807, 2.05) is 47.4 Å². The van der Waals surface area contributed by atoms with Gasteiger partial charge in [-0.3, -0.25) is 0 Å². The van der Waals surface area contributed by atoms with Gasteiger partial charge in [0.05, 0.1) is 25.4 Å². The van der Waals surface area contributed by atoms with E-state index < -0.39 is 0 Å². The number of carbonyl (C=O) groups excluding carboxylic acids is 1. The Balaban J connectivity index is 1.60. The molecule has 0 spiro atoms. The van der Waals surface area contributed by atoms with Crippen LogP contribution in [-0.4, -0.2) is 22.6 Å². The third kappa shape index (κ3) is 3.62. The molecular weight excluding hydrogens is 398 g/mol. The number of fused-ring (bicyclic) bond motifs is 3. The van der Waals surface area contributed by atoms with Gasteiger partial charge in [-0.25, -0.2) is 4.79 Å². The molecule has 0 bridgehead atoms. The van der Waals surface area contributed by atoms with Gasteiger partial charge in [0.1, 0.15) is 5.75 Å². The molecule has 0 aliphatic carbocycles. The number of hydrogen-bond donors (Lipinski definition) is 1.